The van der Waals surface area contributed by atoms with Gasteiger partial charge in [0.15, 0.2) is 0 Å². The van der Waals surface area contributed by atoms with Crippen molar-refractivity contribution in [3.8, 4) is 0 Å². The number of hydrogen-bond acceptors (Lipinski definition) is 3. The van der Waals surface area contributed by atoms with Gasteiger partial charge >= 0.3 is 12.1 Å². The number of carboxylic acid groups (broad SMARTS) is 1. The molecule has 1 saturated carbocycles. The molecule has 0 spiro atoms. The third-order valence-electron chi connectivity index (χ3n) is 3.94. The molecule has 1 aliphatic heterocycles. The number of amides is 1. The third-order valence-corrected chi connectivity index (χ3v) is 3.94. The monoisotopic (exact) mass is 261 g/mol. The molecule has 3 rings (SSSR count). The summed E-state index contributed by atoms with van der Waals surface area (Å²) in [7, 11) is 0. The Morgan fingerprint density at radius 3 is 2.42 bits per heavy atom. The van der Waals surface area contributed by atoms with Crippen molar-refractivity contribution >= 4 is 12.1 Å². The molecule has 5 nitrogen and oxygen atoms in total. The summed E-state index contributed by atoms with van der Waals surface area (Å²) in [6.07, 6.45) is -0.347. The highest BCUT2D eigenvalue weighted by Gasteiger charge is 2.60. The number of likely N-dealkylation sites (tertiary alicyclic amines) is 1. The van der Waals surface area contributed by atoms with Gasteiger partial charge in [0.05, 0.1) is 5.92 Å². The van der Waals surface area contributed by atoms with E-state index in [2.05, 4.69) is 0 Å². The van der Waals surface area contributed by atoms with Gasteiger partial charge in [-0.2, -0.15) is 0 Å². The number of nitrogens with zero attached hydrogens (tertiary/aromatic N) is 1. The van der Waals surface area contributed by atoms with Gasteiger partial charge < -0.3 is 14.7 Å². The van der Waals surface area contributed by atoms with Crippen molar-refractivity contribution in [1.82, 2.24) is 4.90 Å². The second-order valence-corrected chi connectivity index (χ2v) is 5.14. The van der Waals surface area contributed by atoms with Crippen molar-refractivity contribution in [3.63, 3.8) is 0 Å². The number of carbonyl (C=O) groups is 2. The number of hydrogen-bond donors (Lipinski definition) is 1. The Balaban J connectivity index is 1.47. The van der Waals surface area contributed by atoms with Crippen LogP contribution in [-0.4, -0.2) is 35.2 Å². The summed E-state index contributed by atoms with van der Waals surface area (Å²) in [4.78, 5) is 24.3. The Morgan fingerprint density at radius 1 is 1.21 bits per heavy atom. The van der Waals surface area contributed by atoms with E-state index >= 15 is 0 Å². The lowest BCUT2D eigenvalue weighted by molar-refractivity contribution is -0.139. The van der Waals surface area contributed by atoms with E-state index in [0.29, 0.717) is 13.1 Å². The molecule has 0 bridgehead atoms. The van der Waals surface area contributed by atoms with E-state index in [9.17, 15) is 9.59 Å². The molecular weight excluding hydrogens is 246 g/mol. The molecule has 2 fully saturated rings. The lowest BCUT2D eigenvalue weighted by Crippen LogP contribution is -2.32. The number of ether oxygens (including phenoxy) is 1. The van der Waals surface area contributed by atoms with Crippen LogP contribution in [0.25, 0.3) is 0 Å². The molecule has 100 valence electrons. The van der Waals surface area contributed by atoms with Crippen LogP contribution in [0.1, 0.15) is 5.56 Å². The molecule has 0 unspecified atom stereocenters. The zero-order valence-corrected chi connectivity index (χ0v) is 10.4. The van der Waals surface area contributed by atoms with Gasteiger partial charge in [-0.05, 0) is 17.4 Å². The van der Waals surface area contributed by atoms with Crippen LogP contribution in [0.15, 0.2) is 30.3 Å². The molecule has 0 radical (unpaired) electrons. The van der Waals surface area contributed by atoms with Crippen molar-refractivity contribution < 1.29 is 19.4 Å². The molecule has 0 aromatic heterocycles. The largest absolute Gasteiger partial charge is 0.481 e. The Morgan fingerprint density at radius 2 is 1.84 bits per heavy atom. The fourth-order valence-electron chi connectivity index (χ4n) is 2.85. The topological polar surface area (TPSA) is 66.8 Å². The molecule has 1 aromatic rings. The standard InChI is InChI=1S/C14H15NO4/c16-13(17)12-10-6-15(7-11(10)12)14(18)19-8-9-4-2-1-3-5-9/h1-5,10-12H,6-8H2,(H,16,17)/t10-,11+,12-. The molecule has 1 saturated heterocycles. The third kappa shape index (κ3) is 2.28. The molecule has 1 N–H and O–H groups in total. The summed E-state index contributed by atoms with van der Waals surface area (Å²) >= 11 is 0. The zero-order chi connectivity index (χ0) is 13.4. The van der Waals surface area contributed by atoms with E-state index < -0.39 is 5.97 Å². The van der Waals surface area contributed by atoms with Gasteiger partial charge in [0, 0.05) is 13.1 Å². The maximum absolute atomic E-state index is 11.8. The van der Waals surface area contributed by atoms with E-state index in [-0.39, 0.29) is 30.5 Å². The van der Waals surface area contributed by atoms with Gasteiger partial charge in [-0.25, -0.2) is 4.79 Å². The Kier molecular flexibility index (Phi) is 2.89. The first-order chi connectivity index (χ1) is 9.16. The van der Waals surface area contributed by atoms with Crippen molar-refractivity contribution in [2.24, 2.45) is 17.8 Å². The minimum Gasteiger partial charge on any atom is -0.481 e. The van der Waals surface area contributed by atoms with Crippen molar-refractivity contribution in [1.29, 1.82) is 0 Å². The minimum atomic E-state index is -0.743. The van der Waals surface area contributed by atoms with Crippen molar-refractivity contribution in [2.75, 3.05) is 13.1 Å². The number of piperidine rings is 1. The number of rotatable bonds is 3. The van der Waals surface area contributed by atoms with Crippen LogP contribution < -0.4 is 0 Å². The van der Waals surface area contributed by atoms with E-state index in [4.69, 9.17) is 9.84 Å². The lowest BCUT2D eigenvalue weighted by Gasteiger charge is -2.18. The SMILES string of the molecule is O=C(O)[C@@H]1[C@@H]2CN(C(=O)OCc3ccccc3)C[C@@H]21. The molecule has 1 amide bonds. The number of aliphatic carboxylic acids is 1. The molecule has 1 aliphatic carbocycles. The maximum atomic E-state index is 11.8. The second kappa shape index (κ2) is 4.57. The first kappa shape index (κ1) is 12.0. The van der Waals surface area contributed by atoms with Crippen LogP contribution >= 0.6 is 0 Å². The predicted octanol–water partition coefficient (Wildman–Crippen LogP) is 1.59. The minimum absolute atomic E-state index is 0.127. The number of fused-ring (bicyclic) bond motifs is 1. The normalized spacial score (nSPS) is 27.8. The van der Waals surface area contributed by atoms with E-state index in [1.54, 1.807) is 4.90 Å². The predicted molar refractivity (Wildman–Crippen MR) is 66.3 cm³/mol. The van der Waals surface area contributed by atoms with Crippen LogP contribution in [0.3, 0.4) is 0 Å². The fourth-order valence-corrected chi connectivity index (χ4v) is 2.85. The summed E-state index contributed by atoms with van der Waals surface area (Å²) in [5, 5.41) is 8.90. The van der Waals surface area contributed by atoms with Gasteiger partial charge in [-0.1, -0.05) is 30.3 Å². The molecule has 5 heteroatoms. The summed E-state index contributed by atoms with van der Waals surface area (Å²) < 4.78 is 5.22. The second-order valence-electron chi connectivity index (χ2n) is 5.14. The Labute approximate surface area is 110 Å². The van der Waals surface area contributed by atoms with E-state index in [1.165, 1.54) is 0 Å². The van der Waals surface area contributed by atoms with Crippen LogP contribution in [0, 0.1) is 17.8 Å². The fraction of sp³-hybridized carbons (Fsp3) is 0.429. The molecule has 2 aliphatic rings. The van der Waals surface area contributed by atoms with Crippen LogP contribution in [-0.2, 0) is 16.1 Å². The molecule has 1 aromatic carbocycles. The molecule has 3 atom stereocenters. The Bertz CT molecular complexity index is 489. The average molecular weight is 261 g/mol. The summed E-state index contributed by atoms with van der Waals surface area (Å²) in [5.41, 5.74) is 0.948. The molecule has 19 heavy (non-hydrogen) atoms. The highest BCUT2D eigenvalue weighted by molar-refractivity contribution is 5.76. The Hall–Kier alpha value is -2.04. The summed E-state index contributed by atoms with van der Waals surface area (Å²) in [5.74, 6) is -0.742. The van der Waals surface area contributed by atoms with E-state index in [1.807, 2.05) is 30.3 Å². The van der Waals surface area contributed by atoms with Crippen molar-refractivity contribution in [2.45, 2.75) is 6.61 Å². The van der Waals surface area contributed by atoms with Crippen LogP contribution in [0.4, 0.5) is 4.79 Å². The van der Waals surface area contributed by atoms with Gasteiger partial charge in [0.1, 0.15) is 6.61 Å². The first-order valence-electron chi connectivity index (χ1n) is 6.35. The van der Waals surface area contributed by atoms with Crippen LogP contribution in [0.5, 0.6) is 0 Å². The van der Waals surface area contributed by atoms with Crippen LogP contribution in [0.2, 0.25) is 0 Å². The number of carboxylic acids is 1. The van der Waals surface area contributed by atoms with Gasteiger partial charge in [-0.15, -0.1) is 0 Å². The van der Waals surface area contributed by atoms with Gasteiger partial charge in [0.25, 0.3) is 0 Å². The summed E-state index contributed by atoms with van der Waals surface area (Å²) in [6.45, 7) is 1.28. The first-order valence-corrected chi connectivity index (χ1v) is 6.35. The highest BCUT2D eigenvalue weighted by Crippen LogP contribution is 2.51. The van der Waals surface area contributed by atoms with Gasteiger partial charge in [0.2, 0.25) is 0 Å². The number of carbonyl (C=O) groups excluding carboxylic acids is 1. The van der Waals surface area contributed by atoms with Gasteiger partial charge in [-0.3, -0.25) is 4.79 Å². The van der Waals surface area contributed by atoms with E-state index in [0.717, 1.165) is 5.56 Å². The zero-order valence-electron chi connectivity index (χ0n) is 10.4. The smallest absolute Gasteiger partial charge is 0.410 e. The van der Waals surface area contributed by atoms with Crippen molar-refractivity contribution in [3.05, 3.63) is 35.9 Å². The quantitative estimate of drug-likeness (QED) is 0.897. The average Bonchev–Trinajstić information content (AvgIpc) is 2.93. The maximum Gasteiger partial charge on any atom is 0.410 e. The lowest BCUT2D eigenvalue weighted by atomic mass is 10.2. The molecular formula is C14H15NO4. The summed E-state index contributed by atoms with van der Waals surface area (Å²) in [6, 6.07) is 9.49. The highest BCUT2D eigenvalue weighted by atomic mass is 16.6. The molecule has 1 heterocycles. The number of benzene rings is 1.